The number of guanidine groups is 1. The van der Waals surface area contributed by atoms with E-state index < -0.39 is 10.0 Å². The van der Waals surface area contributed by atoms with Crippen molar-refractivity contribution in [3.8, 4) is 0 Å². The number of nitrogens with zero attached hydrogens (tertiary/aromatic N) is 4. The number of sulfonamides is 1. The summed E-state index contributed by atoms with van der Waals surface area (Å²) in [6.07, 6.45) is 5.03. The van der Waals surface area contributed by atoms with Crippen LogP contribution in [0.5, 0.6) is 0 Å². The molecule has 0 amide bonds. The lowest BCUT2D eigenvalue weighted by Gasteiger charge is -2.21. The van der Waals surface area contributed by atoms with Crippen LogP contribution in [0.25, 0.3) is 0 Å². The number of hydrogen-bond acceptors (Lipinski definition) is 4. The molecule has 0 saturated carbocycles. The van der Waals surface area contributed by atoms with Crippen LogP contribution in [-0.2, 0) is 17.1 Å². The second-order valence-corrected chi connectivity index (χ2v) is 8.83. The fraction of sp³-hybridized carbons (Fsp3) is 0.474. The van der Waals surface area contributed by atoms with Crippen LogP contribution < -0.4 is 10.0 Å². The van der Waals surface area contributed by atoms with E-state index in [2.05, 4.69) is 31.2 Å². The molecule has 1 atom stereocenters. The molecule has 1 saturated heterocycles. The van der Waals surface area contributed by atoms with Crippen molar-refractivity contribution in [2.75, 3.05) is 33.2 Å². The van der Waals surface area contributed by atoms with Gasteiger partial charge in [0.2, 0.25) is 10.0 Å². The van der Waals surface area contributed by atoms with Crippen LogP contribution in [0.1, 0.15) is 23.5 Å². The van der Waals surface area contributed by atoms with E-state index in [9.17, 15) is 8.42 Å². The van der Waals surface area contributed by atoms with Crippen molar-refractivity contribution in [1.29, 1.82) is 0 Å². The van der Waals surface area contributed by atoms with Gasteiger partial charge in [-0.3, -0.25) is 9.67 Å². The average molecular weight is 405 g/mol. The Labute approximate surface area is 166 Å². The predicted molar refractivity (Wildman–Crippen MR) is 110 cm³/mol. The summed E-state index contributed by atoms with van der Waals surface area (Å²) in [7, 11) is 0.175. The van der Waals surface area contributed by atoms with Gasteiger partial charge in [0.25, 0.3) is 0 Å². The van der Waals surface area contributed by atoms with Gasteiger partial charge in [0, 0.05) is 52.4 Å². The lowest BCUT2D eigenvalue weighted by atomic mass is 10.0. The van der Waals surface area contributed by atoms with Crippen molar-refractivity contribution >= 4 is 16.0 Å². The van der Waals surface area contributed by atoms with E-state index in [1.165, 1.54) is 5.56 Å². The molecule has 1 aromatic heterocycles. The summed E-state index contributed by atoms with van der Waals surface area (Å²) in [6.45, 7) is 4.46. The maximum absolute atomic E-state index is 12.3. The fourth-order valence-corrected chi connectivity index (χ4v) is 4.40. The van der Waals surface area contributed by atoms with E-state index in [0.717, 1.165) is 31.0 Å². The minimum Gasteiger partial charge on any atom is -0.355 e. The number of nitrogens with one attached hydrogen (secondary N) is 2. The third-order valence-corrected chi connectivity index (χ3v) is 6.40. The molecular formula is C19H28N6O2S. The quantitative estimate of drug-likeness (QED) is 0.427. The maximum atomic E-state index is 12.3. The maximum Gasteiger partial charge on any atom is 0.240 e. The molecule has 1 fully saturated rings. The number of rotatable bonds is 6. The van der Waals surface area contributed by atoms with Crippen molar-refractivity contribution in [1.82, 2.24) is 24.7 Å². The van der Waals surface area contributed by atoms with Crippen LogP contribution in [0, 0.1) is 6.92 Å². The van der Waals surface area contributed by atoms with Gasteiger partial charge in [-0.2, -0.15) is 5.10 Å². The number of hydrogen-bond donors (Lipinski definition) is 2. The summed E-state index contributed by atoms with van der Waals surface area (Å²) in [4.78, 5) is 6.82. The van der Waals surface area contributed by atoms with Gasteiger partial charge in [0.15, 0.2) is 5.96 Å². The predicted octanol–water partition coefficient (Wildman–Crippen LogP) is 1.07. The number of aromatic nitrogens is 2. The highest BCUT2D eigenvalue weighted by Crippen LogP contribution is 2.26. The summed E-state index contributed by atoms with van der Waals surface area (Å²) >= 11 is 0. The molecule has 2 aromatic rings. The van der Waals surface area contributed by atoms with E-state index in [-0.39, 0.29) is 11.4 Å². The Bertz CT molecular complexity index is 920. The Morgan fingerprint density at radius 1 is 1.29 bits per heavy atom. The lowest BCUT2D eigenvalue weighted by molar-refractivity contribution is 0.486. The Morgan fingerprint density at radius 2 is 2.04 bits per heavy atom. The fourth-order valence-electron chi connectivity index (χ4n) is 3.37. The van der Waals surface area contributed by atoms with Crippen LogP contribution >= 0.6 is 0 Å². The summed E-state index contributed by atoms with van der Waals surface area (Å²) in [6, 6.07) is 6.82. The molecule has 1 aliphatic heterocycles. The van der Waals surface area contributed by atoms with Gasteiger partial charge in [-0.25, -0.2) is 13.1 Å². The van der Waals surface area contributed by atoms with Crippen molar-refractivity contribution in [2.45, 2.75) is 24.2 Å². The first-order chi connectivity index (χ1) is 13.4. The molecule has 0 radical (unpaired) electrons. The first-order valence-corrected chi connectivity index (χ1v) is 10.9. The van der Waals surface area contributed by atoms with Crippen LogP contribution in [0.3, 0.4) is 0 Å². The van der Waals surface area contributed by atoms with Gasteiger partial charge in [0.05, 0.1) is 11.1 Å². The van der Waals surface area contributed by atoms with Crippen LogP contribution in [0.15, 0.2) is 46.5 Å². The minimum absolute atomic E-state index is 0.279. The van der Waals surface area contributed by atoms with Crippen molar-refractivity contribution in [3.63, 3.8) is 0 Å². The van der Waals surface area contributed by atoms with Crippen LogP contribution in [0.2, 0.25) is 0 Å². The lowest BCUT2D eigenvalue weighted by Crippen LogP contribution is -2.43. The van der Waals surface area contributed by atoms with Gasteiger partial charge in [-0.05, 0) is 31.0 Å². The van der Waals surface area contributed by atoms with Crippen molar-refractivity contribution in [2.24, 2.45) is 12.0 Å². The molecule has 28 heavy (non-hydrogen) atoms. The average Bonchev–Trinajstić information content (AvgIpc) is 3.31. The minimum atomic E-state index is -3.50. The number of benzene rings is 1. The van der Waals surface area contributed by atoms with Crippen molar-refractivity contribution < 1.29 is 8.42 Å². The van der Waals surface area contributed by atoms with E-state index in [0.29, 0.717) is 12.5 Å². The molecular weight excluding hydrogens is 376 g/mol. The highest BCUT2D eigenvalue weighted by atomic mass is 32.2. The SMILES string of the molecule is CN=C(NCCNS(=O)(=O)c1ccc(C)cc1)N1CCC(c2cnn(C)c2)C1. The van der Waals surface area contributed by atoms with Gasteiger partial charge in [-0.1, -0.05) is 17.7 Å². The molecule has 1 unspecified atom stereocenters. The topological polar surface area (TPSA) is 91.6 Å². The van der Waals surface area contributed by atoms with Gasteiger partial charge < -0.3 is 10.2 Å². The molecule has 1 aromatic carbocycles. The summed E-state index contributed by atoms with van der Waals surface area (Å²) in [5.74, 6) is 1.23. The molecule has 2 heterocycles. The molecule has 0 aliphatic carbocycles. The number of likely N-dealkylation sites (tertiary alicyclic amines) is 1. The number of aliphatic imine (C=N–C) groups is 1. The van der Waals surface area contributed by atoms with E-state index in [4.69, 9.17) is 0 Å². The summed E-state index contributed by atoms with van der Waals surface area (Å²) < 4.78 is 29.1. The molecule has 0 bridgehead atoms. The molecule has 2 N–H and O–H groups in total. The third kappa shape index (κ3) is 4.90. The van der Waals surface area contributed by atoms with Gasteiger partial charge in [-0.15, -0.1) is 0 Å². The van der Waals surface area contributed by atoms with Crippen LogP contribution in [-0.4, -0.2) is 62.3 Å². The van der Waals surface area contributed by atoms with Gasteiger partial charge in [0.1, 0.15) is 0 Å². The van der Waals surface area contributed by atoms with Crippen LogP contribution in [0.4, 0.5) is 0 Å². The second-order valence-electron chi connectivity index (χ2n) is 7.06. The smallest absolute Gasteiger partial charge is 0.240 e. The van der Waals surface area contributed by atoms with E-state index >= 15 is 0 Å². The van der Waals surface area contributed by atoms with E-state index in [1.54, 1.807) is 31.3 Å². The molecule has 9 heteroatoms. The molecule has 152 valence electrons. The Morgan fingerprint density at radius 3 is 2.68 bits per heavy atom. The summed E-state index contributed by atoms with van der Waals surface area (Å²) in [5.41, 5.74) is 2.27. The highest BCUT2D eigenvalue weighted by molar-refractivity contribution is 7.89. The van der Waals surface area contributed by atoms with Gasteiger partial charge >= 0.3 is 0 Å². The highest BCUT2D eigenvalue weighted by Gasteiger charge is 2.26. The Balaban J connectivity index is 1.48. The Kier molecular flexibility index (Phi) is 6.35. The zero-order valence-corrected chi connectivity index (χ0v) is 17.4. The normalized spacial score (nSPS) is 17.9. The molecule has 0 spiro atoms. The third-order valence-electron chi connectivity index (χ3n) is 4.93. The first kappa shape index (κ1) is 20.3. The molecule has 8 nitrogen and oxygen atoms in total. The second kappa shape index (κ2) is 8.74. The first-order valence-electron chi connectivity index (χ1n) is 9.39. The van der Waals surface area contributed by atoms with Crippen molar-refractivity contribution in [3.05, 3.63) is 47.8 Å². The standard InChI is InChI=1S/C19H28N6O2S/c1-15-4-6-18(7-5-15)28(26,27)23-10-9-21-19(20-2)25-11-8-16(14-25)17-12-22-24(3)13-17/h4-7,12-13,16,23H,8-11,14H2,1-3H3,(H,20,21). The zero-order chi connectivity index (χ0) is 20.1. The molecule has 1 aliphatic rings. The number of aryl methyl sites for hydroxylation is 2. The summed E-state index contributed by atoms with van der Waals surface area (Å²) in [5, 5.41) is 7.50. The monoisotopic (exact) mass is 404 g/mol. The zero-order valence-electron chi connectivity index (χ0n) is 16.6. The van der Waals surface area contributed by atoms with E-state index in [1.807, 2.05) is 24.9 Å². The largest absolute Gasteiger partial charge is 0.355 e. The molecule has 3 rings (SSSR count). The Hall–Kier alpha value is -2.39.